The first-order valence-electron chi connectivity index (χ1n) is 24.0. The molecule has 2 heterocycles. The highest BCUT2D eigenvalue weighted by molar-refractivity contribution is 5.98. The van der Waals surface area contributed by atoms with E-state index in [0.717, 1.165) is 0 Å². The number of likely N-dealkylation sites (tertiary alicyclic amines) is 1. The third kappa shape index (κ3) is 17.8. The van der Waals surface area contributed by atoms with Gasteiger partial charge in [0.15, 0.2) is 5.96 Å². The fraction of sp³-hybridized carbons (Fsp3) is 0.510. The number of guanidine groups is 1. The van der Waals surface area contributed by atoms with E-state index in [-0.39, 0.29) is 57.7 Å². The van der Waals surface area contributed by atoms with Gasteiger partial charge >= 0.3 is 5.97 Å². The molecule has 386 valence electrons. The minimum atomic E-state index is -1.27. The molecule has 3 aromatic rings. The number of carbonyl (C=O) groups excluding carboxylic acids is 7. The average molecular weight is 986 g/mol. The van der Waals surface area contributed by atoms with Crippen LogP contribution < -0.4 is 48.7 Å². The maximum absolute atomic E-state index is 14.5. The van der Waals surface area contributed by atoms with Crippen LogP contribution in [-0.4, -0.2) is 142 Å². The lowest BCUT2D eigenvalue weighted by Gasteiger charge is -2.32. The summed E-state index contributed by atoms with van der Waals surface area (Å²) in [6.07, 6.45) is 4.46. The second kappa shape index (κ2) is 28.3. The van der Waals surface area contributed by atoms with Crippen LogP contribution >= 0.6 is 0 Å². The molecule has 0 unspecified atom stereocenters. The fourth-order valence-electron chi connectivity index (χ4n) is 8.14. The first-order valence-corrected chi connectivity index (χ1v) is 24.0. The van der Waals surface area contributed by atoms with Crippen LogP contribution in [0.3, 0.4) is 0 Å². The monoisotopic (exact) mass is 986 g/mol. The van der Waals surface area contributed by atoms with Crippen molar-refractivity contribution in [3.63, 3.8) is 0 Å². The van der Waals surface area contributed by atoms with Crippen molar-refractivity contribution in [2.24, 2.45) is 28.3 Å². The number of rotatable bonds is 28. The zero-order valence-electron chi connectivity index (χ0n) is 41.1. The van der Waals surface area contributed by atoms with Crippen molar-refractivity contribution in [3.05, 3.63) is 90.0 Å². The summed E-state index contributed by atoms with van der Waals surface area (Å²) >= 11 is 0. The number of nitrogens with zero attached hydrogens (tertiary/aromatic N) is 3. The zero-order valence-corrected chi connectivity index (χ0v) is 41.1. The summed E-state index contributed by atoms with van der Waals surface area (Å²) in [6, 6.07) is 9.47. The Balaban J connectivity index is 1.56. The Bertz CT molecular complexity index is 2260. The van der Waals surface area contributed by atoms with E-state index in [1.807, 2.05) is 6.92 Å². The van der Waals surface area contributed by atoms with Gasteiger partial charge in [0, 0.05) is 44.2 Å². The van der Waals surface area contributed by atoms with Gasteiger partial charge in [-0.05, 0) is 55.7 Å². The highest BCUT2D eigenvalue weighted by Gasteiger charge is 2.41. The van der Waals surface area contributed by atoms with E-state index in [9.17, 15) is 43.5 Å². The average Bonchev–Trinajstić information content (AvgIpc) is 4.06. The van der Waals surface area contributed by atoms with Crippen molar-refractivity contribution in [2.45, 2.75) is 121 Å². The number of aromatic amines is 1. The van der Waals surface area contributed by atoms with Gasteiger partial charge in [0.25, 0.3) is 0 Å². The number of amides is 7. The number of carboxylic acid groups (broad SMARTS) is 1. The van der Waals surface area contributed by atoms with Crippen molar-refractivity contribution in [1.29, 1.82) is 0 Å². The summed E-state index contributed by atoms with van der Waals surface area (Å²) < 4.78 is 0. The van der Waals surface area contributed by atoms with Gasteiger partial charge in [-0.2, -0.15) is 0 Å². The molecule has 0 radical (unpaired) electrons. The number of carboxylic acids is 1. The molecule has 0 aliphatic carbocycles. The molecular formula is C49H71N13O9. The van der Waals surface area contributed by atoms with Gasteiger partial charge in [0.05, 0.1) is 12.9 Å². The van der Waals surface area contributed by atoms with Gasteiger partial charge in [0.2, 0.25) is 41.4 Å². The van der Waals surface area contributed by atoms with Crippen molar-refractivity contribution in [2.75, 3.05) is 26.7 Å². The fourth-order valence-corrected chi connectivity index (χ4v) is 8.14. The minimum absolute atomic E-state index is 0.00700. The number of H-pyrrole nitrogens is 1. The summed E-state index contributed by atoms with van der Waals surface area (Å²) in [5, 5.41) is 29.3. The molecule has 8 atom stereocenters. The zero-order chi connectivity index (χ0) is 52.0. The third-order valence-electron chi connectivity index (χ3n) is 12.2. The quantitative estimate of drug-likeness (QED) is 0.0246. The summed E-state index contributed by atoms with van der Waals surface area (Å²) in [6.45, 7) is 7.30. The Hall–Kier alpha value is -7.36. The summed E-state index contributed by atoms with van der Waals surface area (Å²) in [5.41, 5.74) is 12.8. The first kappa shape index (κ1) is 56.2. The Labute approximate surface area is 414 Å². The van der Waals surface area contributed by atoms with Gasteiger partial charge in [-0.3, -0.25) is 38.6 Å². The Morgan fingerprint density at radius 2 is 1.35 bits per heavy atom. The number of carbonyl (C=O) groups is 8. The molecule has 22 nitrogen and oxygen atoms in total. The van der Waals surface area contributed by atoms with Gasteiger partial charge in [0.1, 0.15) is 42.3 Å². The SMILES string of the molecule is CC[C@H](C)[C@H](NC(=O)[C@@H](Cc1ccccc1)NC(=O)[C@@H](NC(=O)[C@H](CCCN=C(N)N)NC(=O)CNC)C(C)C)C(=O)N[C@@H](Cc1cnc[nH]1)C(=O)N1CCC[C@@H]1C(=O)N[C@@H](Cc1ccccc1)C(=O)O. The van der Waals surface area contributed by atoms with Crippen molar-refractivity contribution < 1.29 is 43.5 Å². The van der Waals surface area contributed by atoms with Crippen LogP contribution in [0.25, 0.3) is 0 Å². The minimum Gasteiger partial charge on any atom is -0.480 e. The highest BCUT2D eigenvalue weighted by atomic mass is 16.4. The van der Waals surface area contributed by atoms with Gasteiger partial charge in [-0.25, -0.2) is 9.78 Å². The molecular weight excluding hydrogens is 915 g/mol. The molecule has 22 heteroatoms. The Morgan fingerprint density at radius 3 is 1.92 bits per heavy atom. The summed E-state index contributed by atoms with van der Waals surface area (Å²) in [4.78, 5) is 122. The molecule has 1 aliphatic heterocycles. The summed E-state index contributed by atoms with van der Waals surface area (Å²) in [7, 11) is 1.58. The predicted octanol–water partition coefficient (Wildman–Crippen LogP) is -0.603. The number of imidazole rings is 1. The van der Waals surface area contributed by atoms with E-state index >= 15 is 0 Å². The van der Waals surface area contributed by atoms with Crippen LogP contribution in [0.1, 0.15) is 76.6 Å². The van der Waals surface area contributed by atoms with Crippen molar-refractivity contribution in [1.82, 2.24) is 52.1 Å². The van der Waals surface area contributed by atoms with Crippen LogP contribution in [-0.2, 0) is 57.6 Å². The molecule has 0 spiro atoms. The second-order valence-corrected chi connectivity index (χ2v) is 18.1. The number of likely N-dealkylation sites (N-methyl/N-ethyl adjacent to an activating group) is 1. The van der Waals surface area contributed by atoms with Crippen LogP contribution in [0.4, 0.5) is 0 Å². The number of hydrogen-bond donors (Lipinski definition) is 11. The normalized spacial score (nSPS) is 16.2. The molecule has 7 amide bonds. The Kier molecular flexibility index (Phi) is 22.4. The van der Waals surface area contributed by atoms with Crippen molar-refractivity contribution >= 4 is 53.3 Å². The maximum Gasteiger partial charge on any atom is 0.326 e. The first-order chi connectivity index (χ1) is 33.9. The molecule has 71 heavy (non-hydrogen) atoms. The van der Waals surface area contributed by atoms with E-state index in [2.05, 4.69) is 52.2 Å². The van der Waals surface area contributed by atoms with Crippen molar-refractivity contribution in [3.8, 4) is 0 Å². The number of aromatic nitrogens is 2. The maximum atomic E-state index is 14.5. The molecule has 1 saturated heterocycles. The van der Waals surface area contributed by atoms with Crippen LogP contribution in [0, 0.1) is 11.8 Å². The standard InChI is InChI=1S/C49H71N13O9/c1-6-30(4)41(46(68)58-36(25-33-26-53-28-55-33)47(69)62-22-14-20-38(62)44(66)59-37(48(70)71)24-32-17-11-8-12-18-32)61-43(65)35(23-31-15-9-7-10-16-31)57-45(67)40(29(2)3)60-42(64)34(56-39(63)27-52-5)19-13-21-54-49(50)51/h7-12,15-18,26,28-30,34-38,40-41,52H,6,13-14,19-25,27H2,1-5H3,(H,53,55)(H,56,63)(H,57,67)(H,58,68)(H,59,66)(H,60,64)(H,61,65)(H,70,71)(H4,50,51,54)/t30-,34-,35+,36-,37-,38+,40-,41-/m0/s1. The number of nitrogens with one attached hydrogen (secondary N) is 8. The lowest BCUT2D eigenvalue weighted by atomic mass is 9.96. The Morgan fingerprint density at radius 1 is 0.761 bits per heavy atom. The van der Waals surface area contributed by atoms with E-state index in [4.69, 9.17) is 11.5 Å². The number of hydrogen-bond acceptors (Lipinski definition) is 11. The lowest BCUT2D eigenvalue weighted by Crippen LogP contribution is -2.62. The number of nitrogens with two attached hydrogens (primary N) is 2. The molecule has 2 aromatic carbocycles. The van der Waals surface area contributed by atoms with Crippen LogP contribution in [0.5, 0.6) is 0 Å². The van der Waals surface area contributed by atoms with E-state index in [1.165, 1.54) is 17.4 Å². The van der Waals surface area contributed by atoms with E-state index in [1.54, 1.807) is 88.5 Å². The molecule has 4 rings (SSSR count). The van der Waals surface area contributed by atoms with Crippen LogP contribution in [0.15, 0.2) is 78.2 Å². The molecule has 0 saturated carbocycles. The number of aliphatic imine (C=N–C) groups is 1. The van der Waals surface area contributed by atoms with Gasteiger partial charge < -0.3 is 63.7 Å². The molecule has 0 bridgehead atoms. The third-order valence-corrected chi connectivity index (χ3v) is 12.2. The smallest absolute Gasteiger partial charge is 0.326 e. The number of benzene rings is 2. The van der Waals surface area contributed by atoms with E-state index < -0.39 is 101 Å². The van der Waals surface area contributed by atoms with E-state index in [0.29, 0.717) is 36.1 Å². The predicted molar refractivity (Wildman–Crippen MR) is 265 cm³/mol. The largest absolute Gasteiger partial charge is 0.480 e. The lowest BCUT2D eigenvalue weighted by molar-refractivity contribution is -0.145. The summed E-state index contributed by atoms with van der Waals surface area (Å²) in [5.74, 6) is -6.80. The molecule has 13 N–H and O–H groups in total. The molecule has 1 aliphatic rings. The molecule has 1 fully saturated rings. The van der Waals surface area contributed by atoms with Crippen LogP contribution in [0.2, 0.25) is 0 Å². The second-order valence-electron chi connectivity index (χ2n) is 18.1. The number of aliphatic carboxylic acids is 1. The molecule has 1 aromatic heterocycles. The van der Waals surface area contributed by atoms with Gasteiger partial charge in [-0.15, -0.1) is 0 Å². The topological polar surface area (TPSA) is 337 Å². The highest BCUT2D eigenvalue weighted by Crippen LogP contribution is 2.21. The van der Waals surface area contributed by atoms with Gasteiger partial charge in [-0.1, -0.05) is 94.8 Å².